The van der Waals surface area contributed by atoms with Crippen LogP contribution in [0.2, 0.25) is 0 Å². The lowest BCUT2D eigenvalue weighted by molar-refractivity contribution is 0.266. The molecular formula is C12H27IN4O2S. The number of sulfonamides is 1. The average Bonchev–Trinajstić information content (AvgIpc) is 2.32. The maximum atomic E-state index is 11.0. The van der Waals surface area contributed by atoms with Gasteiger partial charge in [0, 0.05) is 26.2 Å². The number of guanidine groups is 1. The molecule has 0 amide bonds. The number of nitrogens with one attached hydrogen (secondary N) is 2. The van der Waals surface area contributed by atoms with Gasteiger partial charge in [-0.3, -0.25) is 4.99 Å². The van der Waals surface area contributed by atoms with Gasteiger partial charge in [-0.1, -0.05) is 6.92 Å². The zero-order valence-electron chi connectivity index (χ0n) is 12.6. The van der Waals surface area contributed by atoms with Crippen LogP contribution in [0.5, 0.6) is 0 Å². The van der Waals surface area contributed by atoms with Gasteiger partial charge in [0.25, 0.3) is 0 Å². The molecule has 0 saturated carbocycles. The van der Waals surface area contributed by atoms with Crippen LogP contribution in [0.3, 0.4) is 0 Å². The predicted molar refractivity (Wildman–Crippen MR) is 94.2 cm³/mol. The van der Waals surface area contributed by atoms with Gasteiger partial charge in [0.2, 0.25) is 10.0 Å². The van der Waals surface area contributed by atoms with E-state index in [0.717, 1.165) is 31.8 Å². The monoisotopic (exact) mass is 418 g/mol. The molecule has 1 unspecified atom stereocenters. The highest BCUT2D eigenvalue weighted by Gasteiger charge is 2.18. The molecule has 1 saturated heterocycles. The SMILES string of the molecule is CCNC(=NCCNS(C)(=O)=O)N1CCCC(C)C1.I. The van der Waals surface area contributed by atoms with Gasteiger partial charge in [-0.25, -0.2) is 13.1 Å². The van der Waals surface area contributed by atoms with E-state index in [0.29, 0.717) is 19.0 Å². The fourth-order valence-electron chi connectivity index (χ4n) is 2.20. The Bertz CT molecular complexity index is 400. The maximum absolute atomic E-state index is 11.0. The van der Waals surface area contributed by atoms with Gasteiger partial charge in [-0.05, 0) is 25.7 Å². The smallest absolute Gasteiger partial charge is 0.208 e. The summed E-state index contributed by atoms with van der Waals surface area (Å²) in [6.07, 6.45) is 3.62. The summed E-state index contributed by atoms with van der Waals surface area (Å²) in [6.45, 7) is 7.96. The molecule has 1 fully saturated rings. The van der Waals surface area contributed by atoms with Crippen molar-refractivity contribution in [1.82, 2.24) is 14.9 Å². The maximum Gasteiger partial charge on any atom is 0.208 e. The quantitative estimate of drug-likeness (QED) is 0.301. The highest BCUT2D eigenvalue weighted by atomic mass is 127. The van der Waals surface area contributed by atoms with Crippen LogP contribution < -0.4 is 10.0 Å². The van der Waals surface area contributed by atoms with E-state index in [1.165, 1.54) is 12.8 Å². The molecule has 6 nitrogen and oxygen atoms in total. The molecule has 120 valence electrons. The van der Waals surface area contributed by atoms with Crippen molar-refractivity contribution in [2.75, 3.05) is 39.0 Å². The molecule has 1 rings (SSSR count). The fourth-order valence-corrected chi connectivity index (χ4v) is 2.66. The molecule has 1 atom stereocenters. The minimum Gasteiger partial charge on any atom is -0.357 e. The Labute approximate surface area is 139 Å². The van der Waals surface area contributed by atoms with Crippen molar-refractivity contribution >= 4 is 40.0 Å². The van der Waals surface area contributed by atoms with Gasteiger partial charge in [0.1, 0.15) is 0 Å². The number of aliphatic imine (C=N–C) groups is 1. The second-order valence-corrected chi connectivity index (χ2v) is 6.93. The summed E-state index contributed by atoms with van der Waals surface area (Å²) in [7, 11) is -3.12. The summed E-state index contributed by atoms with van der Waals surface area (Å²) in [5, 5.41) is 3.27. The minimum absolute atomic E-state index is 0. The summed E-state index contributed by atoms with van der Waals surface area (Å²) >= 11 is 0. The second-order valence-electron chi connectivity index (χ2n) is 5.10. The van der Waals surface area contributed by atoms with Gasteiger partial charge in [0.15, 0.2) is 5.96 Å². The number of halogens is 1. The molecule has 1 aliphatic heterocycles. The molecule has 1 aliphatic rings. The lowest BCUT2D eigenvalue weighted by Crippen LogP contribution is -2.46. The Kier molecular flexibility index (Phi) is 9.73. The zero-order valence-corrected chi connectivity index (χ0v) is 15.7. The predicted octanol–water partition coefficient (Wildman–Crippen LogP) is 0.851. The van der Waals surface area contributed by atoms with E-state index >= 15 is 0 Å². The molecule has 2 N–H and O–H groups in total. The van der Waals surface area contributed by atoms with E-state index in [4.69, 9.17) is 0 Å². The molecule has 0 radical (unpaired) electrons. The van der Waals surface area contributed by atoms with E-state index in [1.54, 1.807) is 0 Å². The van der Waals surface area contributed by atoms with Crippen molar-refractivity contribution < 1.29 is 8.42 Å². The lowest BCUT2D eigenvalue weighted by atomic mass is 10.0. The van der Waals surface area contributed by atoms with Crippen LogP contribution in [0.25, 0.3) is 0 Å². The first-order valence-electron chi connectivity index (χ1n) is 6.90. The summed E-state index contributed by atoms with van der Waals surface area (Å²) in [6, 6.07) is 0. The number of likely N-dealkylation sites (tertiary alicyclic amines) is 1. The molecule has 1 heterocycles. The highest BCUT2D eigenvalue weighted by Crippen LogP contribution is 2.15. The van der Waals surface area contributed by atoms with Crippen molar-refractivity contribution in [2.24, 2.45) is 10.9 Å². The van der Waals surface area contributed by atoms with Gasteiger partial charge in [-0.15, -0.1) is 24.0 Å². The van der Waals surface area contributed by atoms with Crippen molar-refractivity contribution in [3.8, 4) is 0 Å². The topological polar surface area (TPSA) is 73.8 Å². The standard InChI is InChI=1S/C12H26N4O2S.HI/c1-4-13-12(14-7-8-15-19(3,17)18)16-9-5-6-11(2)10-16;/h11,15H,4-10H2,1-3H3,(H,13,14);1H. The Morgan fingerprint density at radius 1 is 1.45 bits per heavy atom. The van der Waals surface area contributed by atoms with Gasteiger partial charge < -0.3 is 10.2 Å². The molecule has 0 aromatic rings. The van der Waals surface area contributed by atoms with Gasteiger partial charge in [-0.2, -0.15) is 0 Å². The Morgan fingerprint density at radius 3 is 2.70 bits per heavy atom. The van der Waals surface area contributed by atoms with Crippen molar-refractivity contribution in [2.45, 2.75) is 26.7 Å². The molecule has 20 heavy (non-hydrogen) atoms. The summed E-state index contributed by atoms with van der Waals surface area (Å²) in [5.74, 6) is 1.58. The highest BCUT2D eigenvalue weighted by molar-refractivity contribution is 14.0. The minimum atomic E-state index is -3.12. The Hall–Kier alpha value is -0.0900. The van der Waals surface area contributed by atoms with E-state index in [9.17, 15) is 8.42 Å². The number of piperidine rings is 1. The Morgan fingerprint density at radius 2 is 2.15 bits per heavy atom. The van der Waals surface area contributed by atoms with Gasteiger partial charge >= 0.3 is 0 Å². The number of nitrogens with zero attached hydrogens (tertiary/aromatic N) is 2. The van der Waals surface area contributed by atoms with Crippen LogP contribution in [0.1, 0.15) is 26.7 Å². The summed E-state index contributed by atoms with van der Waals surface area (Å²) in [4.78, 5) is 6.74. The lowest BCUT2D eigenvalue weighted by Gasteiger charge is -2.33. The third-order valence-electron chi connectivity index (χ3n) is 3.03. The van der Waals surface area contributed by atoms with Crippen molar-refractivity contribution in [1.29, 1.82) is 0 Å². The average molecular weight is 418 g/mol. The van der Waals surface area contributed by atoms with Crippen LogP contribution >= 0.6 is 24.0 Å². The fraction of sp³-hybridized carbons (Fsp3) is 0.917. The first kappa shape index (κ1) is 19.9. The second kappa shape index (κ2) is 9.78. The first-order chi connectivity index (χ1) is 8.92. The molecule has 0 bridgehead atoms. The van der Waals surface area contributed by atoms with Crippen LogP contribution in [0.4, 0.5) is 0 Å². The third-order valence-corrected chi connectivity index (χ3v) is 3.76. The van der Waals surface area contributed by atoms with Crippen molar-refractivity contribution in [3.63, 3.8) is 0 Å². The molecule has 0 spiro atoms. The number of hydrogen-bond donors (Lipinski definition) is 2. The molecular weight excluding hydrogens is 391 g/mol. The van der Waals surface area contributed by atoms with Crippen LogP contribution in [0.15, 0.2) is 4.99 Å². The van der Waals surface area contributed by atoms with E-state index in [2.05, 4.69) is 26.9 Å². The van der Waals surface area contributed by atoms with E-state index in [-0.39, 0.29) is 24.0 Å². The first-order valence-corrected chi connectivity index (χ1v) is 8.79. The van der Waals surface area contributed by atoms with Crippen LogP contribution in [0, 0.1) is 5.92 Å². The molecule has 0 aromatic carbocycles. The van der Waals surface area contributed by atoms with Crippen molar-refractivity contribution in [3.05, 3.63) is 0 Å². The zero-order chi connectivity index (χ0) is 14.3. The van der Waals surface area contributed by atoms with E-state index in [1.807, 2.05) is 6.92 Å². The molecule has 8 heteroatoms. The van der Waals surface area contributed by atoms with Gasteiger partial charge in [0.05, 0.1) is 12.8 Å². The third kappa shape index (κ3) is 8.25. The number of rotatable bonds is 5. The van der Waals surface area contributed by atoms with Crippen LogP contribution in [-0.4, -0.2) is 58.3 Å². The molecule has 0 aromatic heterocycles. The summed E-state index contributed by atoms with van der Waals surface area (Å²) < 4.78 is 24.4. The Balaban J connectivity index is 0.00000361. The summed E-state index contributed by atoms with van der Waals surface area (Å²) in [5.41, 5.74) is 0. The van der Waals surface area contributed by atoms with Crippen LogP contribution in [-0.2, 0) is 10.0 Å². The molecule has 0 aliphatic carbocycles. The van der Waals surface area contributed by atoms with E-state index < -0.39 is 10.0 Å². The number of hydrogen-bond acceptors (Lipinski definition) is 3. The largest absolute Gasteiger partial charge is 0.357 e. The normalized spacial score (nSPS) is 20.4.